The fourth-order valence-corrected chi connectivity index (χ4v) is 1.14. The smallest absolute Gasteiger partial charge is 0.0891 e. The Labute approximate surface area is 105 Å². The maximum atomic E-state index is 5.38. The minimum Gasteiger partial charge on any atom is -0.473 e. The first-order valence-corrected chi connectivity index (χ1v) is 6.32. The van der Waals surface area contributed by atoms with Gasteiger partial charge in [0.2, 0.25) is 0 Å². The van der Waals surface area contributed by atoms with E-state index in [1.54, 1.807) is 12.5 Å². The van der Waals surface area contributed by atoms with E-state index in [4.69, 9.17) is 14.2 Å². The van der Waals surface area contributed by atoms with Crippen molar-refractivity contribution >= 4 is 0 Å². The molecule has 0 rings (SSSR count). The van der Waals surface area contributed by atoms with Crippen LogP contribution in [0.5, 0.6) is 0 Å². The van der Waals surface area contributed by atoms with Crippen molar-refractivity contribution in [1.82, 2.24) is 0 Å². The van der Waals surface area contributed by atoms with Crippen molar-refractivity contribution in [2.45, 2.75) is 40.5 Å². The molecule has 0 spiro atoms. The van der Waals surface area contributed by atoms with Crippen LogP contribution in [0.15, 0.2) is 23.7 Å². The molecule has 0 aromatic rings. The monoisotopic (exact) mass is 242 g/mol. The summed E-state index contributed by atoms with van der Waals surface area (Å²) in [6.07, 6.45) is 5.39. The van der Waals surface area contributed by atoms with Gasteiger partial charge in [0.05, 0.1) is 25.7 Å². The second-order valence-electron chi connectivity index (χ2n) is 3.96. The third kappa shape index (κ3) is 11.5. The molecule has 3 heteroatoms. The third-order valence-electron chi connectivity index (χ3n) is 2.23. The first-order valence-electron chi connectivity index (χ1n) is 6.32. The first kappa shape index (κ1) is 16.2. The Balaban J connectivity index is 3.69. The van der Waals surface area contributed by atoms with Gasteiger partial charge in [0.25, 0.3) is 0 Å². The van der Waals surface area contributed by atoms with Crippen LogP contribution in [0.1, 0.15) is 40.5 Å². The van der Waals surface area contributed by atoms with E-state index in [-0.39, 0.29) is 0 Å². The van der Waals surface area contributed by atoms with E-state index in [1.807, 2.05) is 27.7 Å². The van der Waals surface area contributed by atoms with Gasteiger partial charge >= 0.3 is 0 Å². The summed E-state index contributed by atoms with van der Waals surface area (Å²) in [5.74, 6) is 0. The minimum absolute atomic E-state index is 0.759. The lowest BCUT2D eigenvalue weighted by Crippen LogP contribution is -1.95. The zero-order chi connectivity index (χ0) is 12.9. The molecule has 17 heavy (non-hydrogen) atoms. The van der Waals surface area contributed by atoms with Crippen LogP contribution < -0.4 is 0 Å². The van der Waals surface area contributed by atoms with Gasteiger partial charge in [-0.15, -0.1) is 0 Å². The normalized spacial score (nSPS) is 12.9. The lowest BCUT2D eigenvalue weighted by atomic mass is 10.2. The van der Waals surface area contributed by atoms with Crippen molar-refractivity contribution in [2.24, 2.45) is 0 Å². The van der Waals surface area contributed by atoms with Crippen molar-refractivity contribution in [3.63, 3.8) is 0 Å². The molecule has 0 radical (unpaired) electrons. The van der Waals surface area contributed by atoms with E-state index in [2.05, 4.69) is 0 Å². The van der Waals surface area contributed by atoms with Gasteiger partial charge in [0, 0.05) is 13.2 Å². The van der Waals surface area contributed by atoms with E-state index in [9.17, 15) is 0 Å². The Hall–Kier alpha value is -0.800. The van der Waals surface area contributed by atoms with Crippen LogP contribution >= 0.6 is 0 Å². The van der Waals surface area contributed by atoms with Gasteiger partial charge in [0.1, 0.15) is 0 Å². The number of ether oxygens (including phenoxy) is 3. The highest BCUT2D eigenvalue weighted by Crippen LogP contribution is 2.04. The van der Waals surface area contributed by atoms with Crippen LogP contribution in [0.3, 0.4) is 0 Å². The van der Waals surface area contributed by atoms with E-state index < -0.39 is 0 Å². The molecule has 0 aliphatic heterocycles. The molecule has 100 valence electrons. The SMILES string of the molecule is CCOCCC(C)=COC=C(C)CCOCC. The second kappa shape index (κ2) is 11.7. The van der Waals surface area contributed by atoms with Crippen molar-refractivity contribution in [1.29, 1.82) is 0 Å². The summed E-state index contributed by atoms with van der Waals surface area (Å²) in [5, 5.41) is 0. The molecule has 0 aromatic carbocycles. The van der Waals surface area contributed by atoms with Gasteiger partial charge in [-0.25, -0.2) is 0 Å². The van der Waals surface area contributed by atoms with Gasteiger partial charge in [-0.05, 0) is 51.7 Å². The standard InChI is InChI=1S/C14H26O3/c1-5-15-9-7-13(3)11-17-12-14(4)8-10-16-6-2/h11-12H,5-10H2,1-4H3. The fraction of sp³-hybridized carbons (Fsp3) is 0.714. The van der Waals surface area contributed by atoms with E-state index >= 15 is 0 Å². The van der Waals surface area contributed by atoms with Gasteiger partial charge in [-0.3, -0.25) is 0 Å². The van der Waals surface area contributed by atoms with Crippen LogP contribution in [-0.2, 0) is 14.2 Å². The maximum absolute atomic E-state index is 5.38. The zero-order valence-electron chi connectivity index (χ0n) is 11.6. The summed E-state index contributed by atoms with van der Waals surface area (Å²) in [5.41, 5.74) is 2.37. The van der Waals surface area contributed by atoms with Crippen molar-refractivity contribution < 1.29 is 14.2 Å². The van der Waals surface area contributed by atoms with Gasteiger partial charge < -0.3 is 14.2 Å². The summed E-state index contributed by atoms with van der Waals surface area (Å²) >= 11 is 0. The highest BCUT2D eigenvalue weighted by atomic mass is 16.5. The van der Waals surface area contributed by atoms with Crippen LogP contribution in [0.2, 0.25) is 0 Å². The summed E-state index contributed by atoms with van der Waals surface area (Å²) in [6, 6.07) is 0. The zero-order valence-corrected chi connectivity index (χ0v) is 11.6. The van der Waals surface area contributed by atoms with Crippen LogP contribution in [0, 0.1) is 0 Å². The number of hydrogen-bond acceptors (Lipinski definition) is 3. The van der Waals surface area contributed by atoms with Gasteiger partial charge in [0.15, 0.2) is 0 Å². The summed E-state index contributed by atoms with van der Waals surface area (Å²) < 4.78 is 15.9. The maximum Gasteiger partial charge on any atom is 0.0891 e. The molecule has 0 heterocycles. The predicted molar refractivity (Wildman–Crippen MR) is 70.8 cm³/mol. The molecule has 0 unspecified atom stereocenters. The molecule has 0 aromatic heterocycles. The fourth-order valence-electron chi connectivity index (χ4n) is 1.14. The van der Waals surface area contributed by atoms with Crippen LogP contribution in [-0.4, -0.2) is 26.4 Å². The van der Waals surface area contributed by atoms with Crippen LogP contribution in [0.25, 0.3) is 0 Å². The molecular weight excluding hydrogens is 216 g/mol. The highest BCUT2D eigenvalue weighted by molar-refractivity contribution is 4.97. The van der Waals surface area contributed by atoms with E-state index in [0.29, 0.717) is 0 Å². The molecule has 3 nitrogen and oxygen atoms in total. The Morgan fingerprint density at radius 1 is 0.824 bits per heavy atom. The summed E-state index contributed by atoms with van der Waals surface area (Å²) in [6.45, 7) is 11.1. The van der Waals surface area contributed by atoms with Gasteiger partial charge in [-0.1, -0.05) is 0 Å². The predicted octanol–water partition coefficient (Wildman–Crippen LogP) is 3.66. The Bertz CT molecular complexity index is 208. The molecule has 0 atom stereocenters. The molecule has 0 N–H and O–H groups in total. The van der Waals surface area contributed by atoms with Crippen molar-refractivity contribution in [3.05, 3.63) is 23.7 Å². The lowest BCUT2D eigenvalue weighted by molar-refractivity contribution is 0.149. The molecular formula is C14H26O3. The average Bonchev–Trinajstić information content (AvgIpc) is 2.30. The Kier molecular flexibility index (Phi) is 11.1. The molecule has 0 saturated heterocycles. The topological polar surface area (TPSA) is 27.7 Å². The minimum atomic E-state index is 0.759. The molecule has 0 bridgehead atoms. The second-order valence-corrected chi connectivity index (χ2v) is 3.96. The van der Waals surface area contributed by atoms with Gasteiger partial charge in [-0.2, -0.15) is 0 Å². The lowest BCUT2D eigenvalue weighted by Gasteiger charge is -2.03. The molecule has 0 aliphatic rings. The van der Waals surface area contributed by atoms with E-state index in [0.717, 1.165) is 39.3 Å². The average molecular weight is 242 g/mol. The van der Waals surface area contributed by atoms with Crippen molar-refractivity contribution in [2.75, 3.05) is 26.4 Å². The molecule has 0 amide bonds. The summed E-state index contributed by atoms with van der Waals surface area (Å²) in [4.78, 5) is 0. The molecule has 0 aliphatic carbocycles. The van der Waals surface area contributed by atoms with Crippen molar-refractivity contribution in [3.8, 4) is 0 Å². The molecule has 0 saturated carbocycles. The third-order valence-corrected chi connectivity index (χ3v) is 2.23. The Morgan fingerprint density at radius 2 is 1.24 bits per heavy atom. The Morgan fingerprint density at radius 3 is 1.59 bits per heavy atom. The quantitative estimate of drug-likeness (QED) is 0.432. The number of rotatable bonds is 10. The largest absolute Gasteiger partial charge is 0.473 e. The summed E-state index contributed by atoms with van der Waals surface area (Å²) in [7, 11) is 0. The number of hydrogen-bond donors (Lipinski definition) is 0. The molecule has 0 fully saturated rings. The van der Waals surface area contributed by atoms with Crippen LogP contribution in [0.4, 0.5) is 0 Å². The van der Waals surface area contributed by atoms with E-state index in [1.165, 1.54) is 11.1 Å². The first-order chi connectivity index (χ1) is 8.20. The highest BCUT2D eigenvalue weighted by Gasteiger charge is 1.92.